The van der Waals surface area contributed by atoms with Crippen LogP contribution in [0.25, 0.3) is 0 Å². The van der Waals surface area contributed by atoms with Gasteiger partial charge in [0.25, 0.3) is 0 Å². The zero-order chi connectivity index (χ0) is 13.0. The van der Waals surface area contributed by atoms with E-state index < -0.39 is 0 Å². The molecule has 0 saturated heterocycles. The summed E-state index contributed by atoms with van der Waals surface area (Å²) in [6.45, 7) is 4.42. The minimum Gasteiger partial charge on any atom is -0.495 e. The monoisotopic (exact) mass is 364 g/mol. The average molecular weight is 366 g/mol. The van der Waals surface area contributed by atoms with Gasteiger partial charge in [0.05, 0.1) is 14.2 Å². The van der Waals surface area contributed by atoms with Crippen LogP contribution >= 0.6 is 31.9 Å². The van der Waals surface area contributed by atoms with Crippen LogP contribution in [0.3, 0.4) is 0 Å². The van der Waals surface area contributed by atoms with Gasteiger partial charge < -0.3 is 9.47 Å². The van der Waals surface area contributed by atoms with Gasteiger partial charge in [-0.1, -0.05) is 35.8 Å². The van der Waals surface area contributed by atoms with E-state index in [-0.39, 0.29) is 0 Å². The Kier molecular flexibility index (Phi) is 5.80. The molecule has 96 valence electrons. The lowest BCUT2D eigenvalue weighted by molar-refractivity contribution is 0.385. The van der Waals surface area contributed by atoms with Crippen LogP contribution in [-0.2, 0) is 0 Å². The van der Waals surface area contributed by atoms with E-state index in [9.17, 15) is 0 Å². The van der Waals surface area contributed by atoms with Crippen molar-refractivity contribution in [2.24, 2.45) is 5.92 Å². The molecule has 0 aliphatic heterocycles. The Bertz CT molecular complexity index is 378. The minimum atomic E-state index is 0.291. The van der Waals surface area contributed by atoms with Gasteiger partial charge in [-0.2, -0.15) is 0 Å². The average Bonchev–Trinajstić information content (AvgIpc) is 2.27. The third kappa shape index (κ3) is 3.62. The maximum absolute atomic E-state index is 5.46. The highest BCUT2D eigenvalue weighted by Crippen LogP contribution is 2.43. The number of hydrogen-bond acceptors (Lipinski definition) is 2. The largest absolute Gasteiger partial charge is 0.495 e. The maximum Gasteiger partial charge on any atom is 0.141 e. The Hall–Kier alpha value is -0.220. The summed E-state index contributed by atoms with van der Waals surface area (Å²) in [5.41, 5.74) is 1.15. The van der Waals surface area contributed by atoms with E-state index in [1.807, 2.05) is 12.1 Å². The van der Waals surface area contributed by atoms with E-state index in [0.717, 1.165) is 28.0 Å². The first kappa shape index (κ1) is 14.8. The predicted octanol–water partition coefficient (Wildman–Crippen LogP) is 4.95. The van der Waals surface area contributed by atoms with E-state index in [1.165, 1.54) is 0 Å². The van der Waals surface area contributed by atoms with Gasteiger partial charge in [-0.3, -0.25) is 0 Å². The lowest BCUT2D eigenvalue weighted by Crippen LogP contribution is -2.00. The lowest BCUT2D eigenvalue weighted by Gasteiger charge is -2.18. The topological polar surface area (TPSA) is 18.5 Å². The Morgan fingerprint density at radius 1 is 1.18 bits per heavy atom. The fourth-order valence-corrected chi connectivity index (χ4v) is 3.50. The van der Waals surface area contributed by atoms with Crippen molar-refractivity contribution in [1.29, 1.82) is 0 Å². The zero-order valence-electron chi connectivity index (χ0n) is 10.6. The van der Waals surface area contributed by atoms with Gasteiger partial charge in [0.2, 0.25) is 0 Å². The molecule has 1 rings (SSSR count). The fourth-order valence-electron chi connectivity index (χ4n) is 1.71. The summed E-state index contributed by atoms with van der Waals surface area (Å²) in [6, 6.07) is 4.00. The molecule has 0 amide bonds. The van der Waals surface area contributed by atoms with E-state index in [2.05, 4.69) is 45.7 Å². The van der Waals surface area contributed by atoms with E-state index >= 15 is 0 Å². The zero-order valence-corrected chi connectivity index (χ0v) is 13.8. The summed E-state index contributed by atoms with van der Waals surface area (Å²) in [7, 11) is 3.33. The molecule has 0 radical (unpaired) electrons. The summed E-state index contributed by atoms with van der Waals surface area (Å²) >= 11 is 7.23. The van der Waals surface area contributed by atoms with Crippen LogP contribution in [0.2, 0.25) is 0 Å². The molecule has 0 spiro atoms. The number of hydrogen-bond donors (Lipinski definition) is 0. The fraction of sp³-hybridized carbons (Fsp3) is 0.538. The van der Waals surface area contributed by atoms with Gasteiger partial charge in [0, 0.05) is 10.4 Å². The van der Waals surface area contributed by atoms with Crippen LogP contribution in [0.5, 0.6) is 11.5 Å². The maximum atomic E-state index is 5.46. The third-order valence-corrected chi connectivity index (χ3v) is 4.15. The van der Waals surface area contributed by atoms with Crippen molar-refractivity contribution in [1.82, 2.24) is 0 Å². The number of alkyl halides is 1. The van der Waals surface area contributed by atoms with Crippen LogP contribution in [0.1, 0.15) is 30.7 Å². The summed E-state index contributed by atoms with van der Waals surface area (Å²) in [4.78, 5) is 0.291. The molecule has 4 heteroatoms. The molecule has 0 heterocycles. The first-order valence-corrected chi connectivity index (χ1v) is 7.26. The van der Waals surface area contributed by atoms with Gasteiger partial charge in [-0.25, -0.2) is 0 Å². The number of rotatable bonds is 5. The molecule has 1 unspecified atom stereocenters. The van der Waals surface area contributed by atoms with Gasteiger partial charge in [-0.05, 0) is 34.3 Å². The molecule has 0 fully saturated rings. The van der Waals surface area contributed by atoms with Gasteiger partial charge >= 0.3 is 0 Å². The first-order valence-electron chi connectivity index (χ1n) is 5.55. The summed E-state index contributed by atoms with van der Waals surface area (Å²) in [6.07, 6.45) is 1.06. The Morgan fingerprint density at radius 2 is 1.82 bits per heavy atom. The quantitative estimate of drug-likeness (QED) is 0.687. The van der Waals surface area contributed by atoms with Crippen molar-refractivity contribution in [3.05, 3.63) is 22.2 Å². The molecule has 0 bridgehead atoms. The Labute approximate surface area is 120 Å². The molecule has 1 aromatic carbocycles. The smallest absolute Gasteiger partial charge is 0.141 e. The minimum absolute atomic E-state index is 0.291. The molecular weight excluding hydrogens is 348 g/mol. The molecule has 1 atom stereocenters. The number of ether oxygens (including phenoxy) is 2. The molecular formula is C13H18Br2O2. The van der Waals surface area contributed by atoms with Crippen molar-refractivity contribution in [2.45, 2.75) is 25.1 Å². The highest BCUT2D eigenvalue weighted by molar-refractivity contribution is 9.10. The van der Waals surface area contributed by atoms with Crippen LogP contribution in [-0.4, -0.2) is 14.2 Å². The van der Waals surface area contributed by atoms with Gasteiger partial charge in [0.15, 0.2) is 0 Å². The van der Waals surface area contributed by atoms with Gasteiger partial charge in [0.1, 0.15) is 16.0 Å². The van der Waals surface area contributed by atoms with E-state index in [0.29, 0.717) is 10.7 Å². The molecule has 17 heavy (non-hydrogen) atoms. The molecule has 0 aliphatic carbocycles. The molecule has 0 N–H and O–H groups in total. The normalized spacial score (nSPS) is 12.6. The van der Waals surface area contributed by atoms with Crippen molar-refractivity contribution in [3.63, 3.8) is 0 Å². The first-order chi connectivity index (χ1) is 8.01. The molecule has 2 nitrogen and oxygen atoms in total. The summed E-state index contributed by atoms with van der Waals surface area (Å²) in [5.74, 6) is 2.26. The van der Waals surface area contributed by atoms with Gasteiger partial charge in [-0.15, -0.1) is 0 Å². The lowest BCUT2D eigenvalue weighted by atomic mass is 10.0. The van der Waals surface area contributed by atoms with Crippen LogP contribution in [0.15, 0.2) is 16.6 Å². The van der Waals surface area contributed by atoms with Crippen molar-refractivity contribution < 1.29 is 9.47 Å². The second-order valence-electron chi connectivity index (χ2n) is 4.30. The second kappa shape index (κ2) is 6.64. The highest BCUT2D eigenvalue weighted by Gasteiger charge is 2.19. The molecule has 0 aromatic heterocycles. The Morgan fingerprint density at radius 3 is 2.29 bits per heavy atom. The standard InChI is InChI=1S/C13H18Br2O2/c1-8(2)7-10(14)9-5-6-11(16-3)12(15)13(9)17-4/h5-6,8,10H,7H2,1-4H3. The highest BCUT2D eigenvalue weighted by atomic mass is 79.9. The van der Waals surface area contributed by atoms with Crippen molar-refractivity contribution in [3.8, 4) is 11.5 Å². The molecule has 0 saturated carbocycles. The second-order valence-corrected chi connectivity index (χ2v) is 6.20. The number of methoxy groups -OCH3 is 2. The Balaban J connectivity index is 3.11. The number of halogens is 2. The molecule has 1 aromatic rings. The van der Waals surface area contributed by atoms with Crippen molar-refractivity contribution in [2.75, 3.05) is 14.2 Å². The van der Waals surface area contributed by atoms with E-state index in [4.69, 9.17) is 9.47 Å². The van der Waals surface area contributed by atoms with E-state index in [1.54, 1.807) is 14.2 Å². The van der Waals surface area contributed by atoms with Crippen molar-refractivity contribution >= 4 is 31.9 Å². The number of benzene rings is 1. The summed E-state index contributed by atoms with van der Waals surface area (Å²) in [5, 5.41) is 0. The van der Waals surface area contributed by atoms with Crippen LogP contribution < -0.4 is 9.47 Å². The molecule has 0 aliphatic rings. The summed E-state index contributed by atoms with van der Waals surface area (Å²) < 4.78 is 11.6. The third-order valence-electron chi connectivity index (χ3n) is 2.53. The van der Waals surface area contributed by atoms with Crippen LogP contribution in [0.4, 0.5) is 0 Å². The van der Waals surface area contributed by atoms with Crippen LogP contribution in [0, 0.1) is 5.92 Å². The predicted molar refractivity (Wildman–Crippen MR) is 78.4 cm³/mol. The SMILES string of the molecule is COc1ccc(C(Br)CC(C)C)c(OC)c1Br.